The summed E-state index contributed by atoms with van der Waals surface area (Å²) in [6.07, 6.45) is -19.8. The maximum Gasteiger partial charge on any atom is 0.416 e. The first-order valence-corrected chi connectivity index (χ1v) is 16.8. The maximum absolute atomic E-state index is 14.2. The minimum atomic E-state index is -4.95. The third-order valence-corrected chi connectivity index (χ3v) is 9.65. The van der Waals surface area contributed by atoms with Gasteiger partial charge in [-0.1, -0.05) is 24.3 Å². The number of fused-ring (bicyclic) bond motifs is 6. The summed E-state index contributed by atoms with van der Waals surface area (Å²) >= 11 is 0. The quantitative estimate of drug-likeness (QED) is 0.167. The lowest BCUT2D eigenvalue weighted by Gasteiger charge is -2.19. The van der Waals surface area contributed by atoms with Crippen LogP contribution in [0.2, 0.25) is 0 Å². The van der Waals surface area contributed by atoms with E-state index in [1.165, 1.54) is 26.0 Å². The Kier molecular flexibility index (Phi) is 8.36. The van der Waals surface area contributed by atoms with Crippen molar-refractivity contribution in [2.75, 3.05) is 0 Å². The highest BCUT2D eigenvalue weighted by atomic mass is 19.4. The van der Waals surface area contributed by atoms with Gasteiger partial charge in [-0.15, -0.1) is 0 Å². The van der Waals surface area contributed by atoms with Crippen LogP contribution in [-0.2, 0) is 24.7 Å². The molecule has 8 aromatic rings. The van der Waals surface area contributed by atoms with Crippen molar-refractivity contribution in [3.63, 3.8) is 0 Å². The van der Waals surface area contributed by atoms with Gasteiger partial charge in [0.05, 0.1) is 55.7 Å². The van der Waals surface area contributed by atoms with E-state index in [1.807, 2.05) is 6.07 Å². The number of hydrogen-bond acceptors (Lipinski definition) is 4. The number of benzene rings is 5. The van der Waals surface area contributed by atoms with E-state index >= 15 is 0 Å². The van der Waals surface area contributed by atoms with Crippen LogP contribution >= 0.6 is 0 Å². The summed E-state index contributed by atoms with van der Waals surface area (Å²) in [5, 5.41) is 11.0. The molecule has 6 nitrogen and oxygen atoms in total. The highest BCUT2D eigenvalue weighted by Gasteiger charge is 2.36. The lowest BCUT2D eigenvalue weighted by Crippen LogP contribution is -2.09. The van der Waals surface area contributed by atoms with Crippen LogP contribution in [0.4, 0.5) is 52.7 Å². The number of rotatable bonds is 3. The molecular weight excluding hydrogens is 792 g/mol. The van der Waals surface area contributed by atoms with Gasteiger partial charge in [0.25, 0.3) is 0 Å². The summed E-state index contributed by atoms with van der Waals surface area (Å²) in [6.45, 7) is 2.97. The Bertz CT molecular complexity index is 2720. The Morgan fingerprint density at radius 1 is 0.448 bits per heavy atom. The fraction of sp³-hybridized carbons (Fsp3) is 0.150. The lowest BCUT2D eigenvalue weighted by atomic mass is 10.0. The van der Waals surface area contributed by atoms with Crippen molar-refractivity contribution in [3.8, 4) is 28.8 Å². The molecule has 294 valence electrons. The summed E-state index contributed by atoms with van der Waals surface area (Å²) < 4.78 is 173. The molecule has 18 heteroatoms. The van der Waals surface area contributed by atoms with Crippen LogP contribution in [0.3, 0.4) is 0 Å². The van der Waals surface area contributed by atoms with Crippen molar-refractivity contribution >= 4 is 43.6 Å². The molecule has 8 rings (SSSR count). The average molecular weight is 813 g/mol. The van der Waals surface area contributed by atoms with Crippen molar-refractivity contribution in [2.45, 2.75) is 38.6 Å². The summed E-state index contributed by atoms with van der Waals surface area (Å²) in [5.41, 5.74) is -7.53. The highest BCUT2D eigenvalue weighted by molar-refractivity contribution is 6.11. The zero-order valence-corrected chi connectivity index (χ0v) is 29.3. The predicted molar refractivity (Wildman–Crippen MR) is 188 cm³/mol. The molecule has 0 saturated carbocycles. The Morgan fingerprint density at radius 2 is 0.741 bits per heavy atom. The van der Waals surface area contributed by atoms with Gasteiger partial charge < -0.3 is 9.13 Å². The van der Waals surface area contributed by atoms with Crippen molar-refractivity contribution in [1.29, 1.82) is 5.26 Å². The normalized spacial score (nSPS) is 13.0. The van der Waals surface area contributed by atoms with Crippen LogP contribution < -0.4 is 0 Å². The number of aromatic nitrogens is 5. The largest absolute Gasteiger partial charge is 0.416 e. The van der Waals surface area contributed by atoms with Gasteiger partial charge in [0.2, 0.25) is 0 Å². The van der Waals surface area contributed by atoms with Crippen LogP contribution in [0, 0.1) is 25.2 Å². The molecule has 0 aliphatic heterocycles. The first-order chi connectivity index (χ1) is 27.0. The smallest absolute Gasteiger partial charge is 0.308 e. The predicted octanol–water partition coefficient (Wildman–Crippen LogP) is 12.3. The third kappa shape index (κ3) is 6.30. The van der Waals surface area contributed by atoms with Crippen LogP contribution in [0.15, 0.2) is 84.9 Å². The first-order valence-electron chi connectivity index (χ1n) is 16.8. The summed E-state index contributed by atoms with van der Waals surface area (Å²) in [4.78, 5) is 12.8. The monoisotopic (exact) mass is 812 g/mol. The lowest BCUT2D eigenvalue weighted by molar-refractivity contribution is -0.138. The van der Waals surface area contributed by atoms with E-state index in [-0.39, 0.29) is 66.6 Å². The second kappa shape index (κ2) is 12.7. The highest BCUT2D eigenvalue weighted by Crippen LogP contribution is 2.44. The molecule has 3 aromatic heterocycles. The van der Waals surface area contributed by atoms with Gasteiger partial charge >= 0.3 is 24.7 Å². The van der Waals surface area contributed by atoms with Crippen LogP contribution in [0.5, 0.6) is 0 Å². The molecule has 0 aliphatic rings. The van der Waals surface area contributed by atoms with Gasteiger partial charge in [0, 0.05) is 27.1 Å². The van der Waals surface area contributed by atoms with Gasteiger partial charge in [0.15, 0.2) is 5.82 Å². The van der Waals surface area contributed by atoms with E-state index in [1.54, 1.807) is 0 Å². The molecule has 0 saturated heterocycles. The first kappa shape index (κ1) is 38.2. The van der Waals surface area contributed by atoms with E-state index in [4.69, 9.17) is 0 Å². The van der Waals surface area contributed by atoms with Crippen LogP contribution in [0.1, 0.15) is 39.5 Å². The number of hydrogen-bond donors (Lipinski definition) is 0. The molecule has 0 unspecified atom stereocenters. The third-order valence-electron chi connectivity index (χ3n) is 9.65. The van der Waals surface area contributed by atoms with Crippen molar-refractivity contribution < 1.29 is 52.7 Å². The van der Waals surface area contributed by atoms with Gasteiger partial charge in [-0.3, -0.25) is 0 Å². The molecule has 0 spiro atoms. The average Bonchev–Trinajstić information content (AvgIpc) is 3.63. The minimum Gasteiger partial charge on any atom is -0.308 e. The number of halogens is 12. The zero-order chi connectivity index (χ0) is 41.9. The Labute approximate surface area is 317 Å². The van der Waals surface area contributed by atoms with E-state index in [0.717, 1.165) is 57.7 Å². The van der Waals surface area contributed by atoms with Crippen molar-refractivity contribution in [2.24, 2.45) is 0 Å². The van der Waals surface area contributed by atoms with Crippen LogP contribution in [0.25, 0.3) is 66.4 Å². The SMILES string of the molecule is Cc1nc(C)nc(-c2cc(-n3c4cc(C(F)(F)F)ccc4c4ccc(C(F)(F)F)cc43)c(C#N)c(-n3c4cc(C(F)(F)F)ccc4c4ccc(C(F)(F)F)cc43)c2)n1. The molecule has 0 radical (unpaired) electrons. The van der Waals surface area contributed by atoms with Crippen LogP contribution in [-0.4, -0.2) is 24.1 Å². The van der Waals surface area contributed by atoms with Gasteiger partial charge in [0.1, 0.15) is 23.3 Å². The number of nitriles is 1. The van der Waals surface area contributed by atoms with Crippen molar-refractivity contribution in [1.82, 2.24) is 24.1 Å². The van der Waals surface area contributed by atoms with E-state index < -0.39 is 63.9 Å². The summed E-state index contributed by atoms with van der Waals surface area (Å²) in [6, 6.07) is 14.0. The van der Waals surface area contributed by atoms with Gasteiger partial charge in [-0.25, -0.2) is 15.0 Å². The molecule has 0 fully saturated rings. The Morgan fingerprint density at radius 3 is 1.00 bits per heavy atom. The summed E-state index contributed by atoms with van der Waals surface area (Å²) in [7, 11) is 0. The standard InChI is InChI=1S/C40H20F12N6/c1-18-54-19(2)56-36(55-18)20-11-30(57-32-13-21(37(41,42)43)3-7-25(32)26-8-4-22(14-33(26)57)38(44,45)46)29(17-53)31(12-20)58-34-15-23(39(47,48)49)5-9-27(34)28-10-6-24(16-35(28)58)40(50,51)52/h3-16H,1-2H3. The minimum absolute atomic E-state index is 0.0286. The van der Waals surface area contributed by atoms with E-state index in [9.17, 15) is 57.9 Å². The molecule has 0 aliphatic carbocycles. The molecule has 0 bridgehead atoms. The fourth-order valence-corrected chi connectivity index (χ4v) is 7.21. The zero-order valence-electron chi connectivity index (χ0n) is 29.3. The second-order valence-electron chi connectivity index (χ2n) is 13.3. The number of nitrogens with zero attached hydrogens (tertiary/aromatic N) is 6. The number of aryl methyl sites for hydroxylation is 2. The summed E-state index contributed by atoms with van der Waals surface area (Å²) in [5.74, 6) is 0.161. The Hall–Kier alpha value is -6.64. The molecule has 0 atom stereocenters. The second-order valence-corrected chi connectivity index (χ2v) is 13.3. The van der Waals surface area contributed by atoms with Gasteiger partial charge in [-0.2, -0.15) is 57.9 Å². The fourth-order valence-electron chi connectivity index (χ4n) is 7.21. The maximum atomic E-state index is 14.2. The topological polar surface area (TPSA) is 72.3 Å². The van der Waals surface area contributed by atoms with Crippen molar-refractivity contribution in [3.05, 3.63) is 124 Å². The molecular formula is C40H20F12N6. The molecule has 3 heterocycles. The molecule has 58 heavy (non-hydrogen) atoms. The molecule has 5 aromatic carbocycles. The Balaban J connectivity index is 1.61. The van der Waals surface area contributed by atoms with E-state index in [2.05, 4.69) is 15.0 Å². The van der Waals surface area contributed by atoms with Gasteiger partial charge in [-0.05, 0) is 74.5 Å². The van der Waals surface area contributed by atoms with E-state index in [0.29, 0.717) is 24.3 Å². The number of alkyl halides is 12. The molecule has 0 amide bonds. The molecule has 0 N–H and O–H groups in total.